The minimum absolute atomic E-state index is 0.113. The molecule has 2 aliphatic carbocycles. The summed E-state index contributed by atoms with van der Waals surface area (Å²) < 4.78 is 11.2. The van der Waals surface area contributed by atoms with Crippen LogP contribution in [0, 0.1) is 17.8 Å². The van der Waals surface area contributed by atoms with E-state index in [1.165, 1.54) is 19.3 Å². The van der Waals surface area contributed by atoms with E-state index in [0.29, 0.717) is 36.9 Å². The zero-order valence-electron chi connectivity index (χ0n) is 17.0. The summed E-state index contributed by atoms with van der Waals surface area (Å²) in [5, 5.41) is 0. The summed E-state index contributed by atoms with van der Waals surface area (Å²) in [5.41, 5.74) is 7.56. The van der Waals surface area contributed by atoms with Crippen LogP contribution in [0.5, 0.6) is 5.75 Å². The maximum atomic E-state index is 13.6. The second-order valence-corrected chi connectivity index (χ2v) is 8.90. The molecule has 0 aromatic heterocycles. The van der Waals surface area contributed by atoms with Crippen LogP contribution in [0.4, 0.5) is 0 Å². The number of benzene rings is 1. The zero-order valence-corrected chi connectivity index (χ0v) is 17.0. The van der Waals surface area contributed by atoms with Gasteiger partial charge in [-0.1, -0.05) is 18.6 Å². The summed E-state index contributed by atoms with van der Waals surface area (Å²) in [6, 6.07) is 8.33. The fraction of sp³-hybridized carbons (Fsp3) is 0.696. The van der Waals surface area contributed by atoms with Crippen molar-refractivity contribution in [2.24, 2.45) is 23.5 Å². The molecule has 3 atom stereocenters. The Morgan fingerprint density at radius 3 is 2.68 bits per heavy atom. The molecule has 0 radical (unpaired) electrons. The minimum atomic E-state index is 0.113. The normalized spacial score (nSPS) is 32.1. The first-order valence-electron chi connectivity index (χ1n) is 10.9. The molecule has 3 aliphatic rings. The monoisotopic (exact) mass is 386 g/mol. The molecule has 1 amide bonds. The van der Waals surface area contributed by atoms with Gasteiger partial charge in [0.1, 0.15) is 5.75 Å². The summed E-state index contributed by atoms with van der Waals surface area (Å²) in [6.07, 6.45) is 7.85. The van der Waals surface area contributed by atoms with Gasteiger partial charge in [-0.2, -0.15) is 0 Å². The van der Waals surface area contributed by atoms with Crippen molar-refractivity contribution in [1.29, 1.82) is 0 Å². The highest BCUT2D eigenvalue weighted by molar-refractivity contribution is 5.79. The molecule has 154 valence electrons. The predicted octanol–water partition coefficient (Wildman–Crippen LogP) is 3.36. The van der Waals surface area contributed by atoms with E-state index < -0.39 is 0 Å². The van der Waals surface area contributed by atoms with E-state index in [4.69, 9.17) is 15.2 Å². The molecule has 2 saturated carbocycles. The summed E-state index contributed by atoms with van der Waals surface area (Å²) in [6.45, 7) is 2.12. The van der Waals surface area contributed by atoms with Gasteiger partial charge in [-0.05, 0) is 68.1 Å². The Bertz CT molecular complexity index is 660. The van der Waals surface area contributed by atoms with Crippen molar-refractivity contribution in [3.8, 4) is 5.75 Å². The van der Waals surface area contributed by atoms with Crippen LogP contribution in [0.15, 0.2) is 24.3 Å². The number of carbonyl (C=O) groups excluding carboxylic acids is 1. The molecule has 1 aliphatic heterocycles. The van der Waals surface area contributed by atoms with Gasteiger partial charge in [0.2, 0.25) is 5.91 Å². The molecule has 2 bridgehead atoms. The van der Waals surface area contributed by atoms with Gasteiger partial charge >= 0.3 is 0 Å². The number of methoxy groups -OCH3 is 1. The third-order valence-corrected chi connectivity index (χ3v) is 7.03. The highest BCUT2D eigenvalue weighted by Crippen LogP contribution is 2.42. The van der Waals surface area contributed by atoms with Crippen LogP contribution in [-0.4, -0.2) is 43.2 Å². The molecule has 5 heteroatoms. The lowest BCUT2D eigenvalue weighted by molar-refractivity contribution is -0.141. The molecule has 3 fully saturated rings. The zero-order chi connectivity index (χ0) is 19.5. The number of carbonyl (C=O) groups is 1. The quantitative estimate of drug-likeness (QED) is 0.814. The molecule has 5 nitrogen and oxygen atoms in total. The first-order valence-corrected chi connectivity index (χ1v) is 10.9. The summed E-state index contributed by atoms with van der Waals surface area (Å²) >= 11 is 0. The number of nitrogens with zero attached hydrogens (tertiary/aromatic N) is 1. The van der Waals surface area contributed by atoms with Gasteiger partial charge in [0.25, 0.3) is 0 Å². The van der Waals surface area contributed by atoms with Gasteiger partial charge in [0.05, 0.1) is 13.2 Å². The van der Waals surface area contributed by atoms with Crippen molar-refractivity contribution in [1.82, 2.24) is 4.90 Å². The minimum Gasteiger partial charge on any atom is -0.497 e. The average Bonchev–Trinajstić information content (AvgIpc) is 3.20. The number of hydrogen-bond donors (Lipinski definition) is 1. The van der Waals surface area contributed by atoms with Crippen molar-refractivity contribution in [2.45, 2.75) is 63.6 Å². The third kappa shape index (κ3) is 4.36. The fourth-order valence-electron chi connectivity index (χ4n) is 5.51. The summed E-state index contributed by atoms with van der Waals surface area (Å²) in [7, 11) is 1.68. The Morgan fingerprint density at radius 2 is 2.00 bits per heavy atom. The number of ether oxygens (including phenoxy) is 2. The van der Waals surface area contributed by atoms with Gasteiger partial charge in [0, 0.05) is 31.7 Å². The number of rotatable bonds is 6. The molecule has 1 aromatic rings. The smallest absolute Gasteiger partial charge is 0.226 e. The second kappa shape index (κ2) is 8.83. The maximum Gasteiger partial charge on any atom is 0.226 e. The van der Waals surface area contributed by atoms with Crippen LogP contribution in [-0.2, 0) is 16.1 Å². The topological polar surface area (TPSA) is 64.8 Å². The van der Waals surface area contributed by atoms with Crippen LogP contribution >= 0.6 is 0 Å². The highest BCUT2D eigenvalue weighted by Gasteiger charge is 2.42. The lowest BCUT2D eigenvalue weighted by Crippen LogP contribution is -2.50. The van der Waals surface area contributed by atoms with Crippen LogP contribution in [0.1, 0.15) is 50.5 Å². The van der Waals surface area contributed by atoms with E-state index in [1.807, 2.05) is 23.1 Å². The van der Waals surface area contributed by atoms with Crippen molar-refractivity contribution in [3.05, 3.63) is 29.8 Å². The fourth-order valence-corrected chi connectivity index (χ4v) is 5.51. The van der Waals surface area contributed by atoms with E-state index in [9.17, 15) is 4.79 Å². The molecule has 1 saturated heterocycles. The first kappa shape index (κ1) is 19.7. The Hall–Kier alpha value is -1.59. The number of hydrogen-bond acceptors (Lipinski definition) is 4. The number of fused-ring (bicyclic) bond motifs is 2. The molecule has 0 spiro atoms. The van der Waals surface area contributed by atoms with Crippen molar-refractivity contribution in [2.75, 3.05) is 20.3 Å². The van der Waals surface area contributed by atoms with Crippen molar-refractivity contribution < 1.29 is 14.3 Å². The standard InChI is InChI=1S/C23H34N2O3/c1-27-20-8-2-5-16(11-20)14-25(15-21-9-4-10-28-21)23(26)19-12-17-6-3-7-18(13-19)22(17)24/h2,5,8,11,17-19,21-22H,3-4,6-7,9-10,12-15,24H2,1H3. The molecular weight excluding hydrogens is 352 g/mol. The van der Waals surface area contributed by atoms with Gasteiger partial charge in [-0.3, -0.25) is 4.79 Å². The molecule has 1 heterocycles. The van der Waals surface area contributed by atoms with Gasteiger partial charge in [-0.25, -0.2) is 0 Å². The summed E-state index contributed by atoms with van der Waals surface area (Å²) in [5.74, 6) is 2.27. The van der Waals surface area contributed by atoms with Gasteiger partial charge < -0.3 is 20.1 Å². The van der Waals surface area contributed by atoms with Crippen LogP contribution in [0.25, 0.3) is 0 Å². The van der Waals surface area contributed by atoms with Gasteiger partial charge in [0.15, 0.2) is 0 Å². The third-order valence-electron chi connectivity index (χ3n) is 7.03. The lowest BCUT2D eigenvalue weighted by Gasteiger charge is -2.44. The highest BCUT2D eigenvalue weighted by atomic mass is 16.5. The largest absolute Gasteiger partial charge is 0.497 e. The van der Waals surface area contributed by atoms with Crippen molar-refractivity contribution in [3.63, 3.8) is 0 Å². The van der Waals surface area contributed by atoms with E-state index in [1.54, 1.807) is 7.11 Å². The Labute approximate surface area is 168 Å². The Balaban J connectivity index is 1.49. The molecule has 4 rings (SSSR count). The second-order valence-electron chi connectivity index (χ2n) is 8.90. The Morgan fingerprint density at radius 1 is 1.21 bits per heavy atom. The number of nitrogens with two attached hydrogens (primary N) is 1. The Kier molecular flexibility index (Phi) is 6.22. The van der Waals surface area contributed by atoms with E-state index >= 15 is 0 Å². The van der Waals surface area contributed by atoms with Gasteiger partial charge in [-0.15, -0.1) is 0 Å². The van der Waals surface area contributed by atoms with Crippen LogP contribution in [0.3, 0.4) is 0 Å². The van der Waals surface area contributed by atoms with E-state index in [-0.39, 0.29) is 12.0 Å². The first-order chi connectivity index (χ1) is 13.6. The number of amides is 1. The van der Waals surface area contributed by atoms with E-state index in [2.05, 4.69) is 6.07 Å². The SMILES string of the molecule is COc1cccc(CN(CC2CCCO2)C(=O)C2CC3CCCC(C2)C3N)c1. The van der Waals surface area contributed by atoms with Crippen LogP contribution in [0.2, 0.25) is 0 Å². The maximum absolute atomic E-state index is 13.6. The van der Waals surface area contributed by atoms with E-state index in [0.717, 1.165) is 43.6 Å². The molecule has 28 heavy (non-hydrogen) atoms. The molecule has 3 unspecified atom stereocenters. The molecule has 1 aromatic carbocycles. The lowest BCUT2D eigenvalue weighted by atomic mass is 9.65. The molecule has 2 N–H and O–H groups in total. The average molecular weight is 387 g/mol. The predicted molar refractivity (Wildman–Crippen MR) is 109 cm³/mol. The molecular formula is C23H34N2O3. The van der Waals surface area contributed by atoms with Crippen LogP contribution < -0.4 is 10.5 Å². The summed E-state index contributed by atoms with van der Waals surface area (Å²) in [4.78, 5) is 15.6. The van der Waals surface area contributed by atoms with Crippen molar-refractivity contribution >= 4 is 5.91 Å².